The summed E-state index contributed by atoms with van der Waals surface area (Å²) in [5.41, 5.74) is 2.87. The molecule has 8 heteroatoms. The van der Waals surface area contributed by atoms with Gasteiger partial charge in [-0.3, -0.25) is 10.1 Å². The van der Waals surface area contributed by atoms with Crippen LogP contribution in [0.5, 0.6) is 0 Å². The van der Waals surface area contributed by atoms with Crippen molar-refractivity contribution in [1.29, 1.82) is 0 Å². The van der Waals surface area contributed by atoms with Crippen molar-refractivity contribution in [3.05, 3.63) is 72.4 Å². The lowest BCUT2D eigenvalue weighted by Crippen LogP contribution is -2.38. The average molecular weight is 475 g/mol. The highest BCUT2D eigenvalue weighted by Gasteiger charge is 2.33. The Morgan fingerprint density at radius 2 is 1.63 bits per heavy atom. The van der Waals surface area contributed by atoms with Gasteiger partial charge in [0.05, 0.1) is 17.8 Å². The van der Waals surface area contributed by atoms with E-state index in [0.29, 0.717) is 5.82 Å². The Bertz CT molecular complexity index is 1150. The summed E-state index contributed by atoms with van der Waals surface area (Å²) in [5.74, 6) is 0.660. The zero-order chi connectivity index (χ0) is 24.2. The van der Waals surface area contributed by atoms with E-state index in [0.717, 1.165) is 55.7 Å². The molecular formula is C27H30N4O4. The van der Waals surface area contributed by atoms with Crippen molar-refractivity contribution in [2.45, 2.75) is 44.8 Å². The molecule has 1 unspecified atom stereocenters. The van der Waals surface area contributed by atoms with E-state index >= 15 is 0 Å². The molecule has 0 spiro atoms. The predicted molar refractivity (Wildman–Crippen MR) is 133 cm³/mol. The van der Waals surface area contributed by atoms with E-state index in [1.807, 2.05) is 61.5 Å². The average Bonchev–Trinajstić information content (AvgIpc) is 3.64. The summed E-state index contributed by atoms with van der Waals surface area (Å²) in [6.45, 7) is 3.54. The number of aromatic nitrogens is 2. The molecule has 1 aliphatic carbocycles. The monoisotopic (exact) mass is 474 g/mol. The molecule has 0 radical (unpaired) electrons. The van der Waals surface area contributed by atoms with E-state index in [2.05, 4.69) is 15.3 Å². The zero-order valence-electron chi connectivity index (χ0n) is 19.8. The number of anilines is 2. The van der Waals surface area contributed by atoms with Crippen molar-refractivity contribution < 1.29 is 19.1 Å². The van der Waals surface area contributed by atoms with Gasteiger partial charge in [-0.15, -0.1) is 0 Å². The number of carbonyl (C=O) groups is 2. The second kappa shape index (κ2) is 10.2. The number of ether oxygens (including phenoxy) is 2. The van der Waals surface area contributed by atoms with Crippen LogP contribution >= 0.6 is 0 Å². The van der Waals surface area contributed by atoms with Crippen LogP contribution < -0.4 is 10.2 Å². The molecule has 1 amide bonds. The third kappa shape index (κ3) is 5.65. The second-order valence-electron chi connectivity index (χ2n) is 9.13. The Labute approximate surface area is 204 Å². The van der Waals surface area contributed by atoms with Gasteiger partial charge in [0.15, 0.2) is 0 Å². The first-order valence-corrected chi connectivity index (χ1v) is 12.2. The molecule has 2 heterocycles. The number of esters is 1. The summed E-state index contributed by atoms with van der Waals surface area (Å²) < 4.78 is 12.8. The molecule has 8 nitrogen and oxygen atoms in total. The van der Waals surface area contributed by atoms with Crippen LogP contribution in [0.15, 0.2) is 66.9 Å². The van der Waals surface area contributed by atoms with Crippen molar-refractivity contribution >= 4 is 23.6 Å². The predicted octanol–water partition coefficient (Wildman–Crippen LogP) is 5.10. The third-order valence-corrected chi connectivity index (χ3v) is 6.52. The van der Waals surface area contributed by atoms with Gasteiger partial charge in [-0.1, -0.05) is 30.3 Å². The molecule has 2 fully saturated rings. The minimum absolute atomic E-state index is 0.0187. The minimum atomic E-state index is -0.537. The number of carbonyl (C=O) groups excluding carboxylic acids is 2. The normalized spacial score (nSPS) is 17.0. The molecule has 1 aromatic heterocycles. The lowest BCUT2D eigenvalue weighted by atomic mass is 10.1. The lowest BCUT2D eigenvalue weighted by molar-refractivity contribution is -0.151. The Morgan fingerprint density at radius 1 is 0.943 bits per heavy atom. The lowest BCUT2D eigenvalue weighted by Gasteiger charge is -2.33. The summed E-state index contributed by atoms with van der Waals surface area (Å²) >= 11 is 0. The first-order valence-electron chi connectivity index (χ1n) is 12.2. The molecule has 2 aliphatic rings. The van der Waals surface area contributed by atoms with Gasteiger partial charge in [-0.25, -0.2) is 9.48 Å². The van der Waals surface area contributed by atoms with E-state index in [-0.39, 0.29) is 24.1 Å². The first kappa shape index (κ1) is 23.0. The highest BCUT2D eigenvalue weighted by Crippen LogP contribution is 2.32. The van der Waals surface area contributed by atoms with Gasteiger partial charge in [0.2, 0.25) is 0 Å². The number of rotatable bonds is 7. The number of nitrogens with zero attached hydrogens (tertiary/aromatic N) is 3. The number of piperidine rings is 1. The van der Waals surface area contributed by atoms with Gasteiger partial charge in [-0.05, 0) is 49.6 Å². The van der Waals surface area contributed by atoms with Crippen LogP contribution in [0.2, 0.25) is 0 Å². The topological polar surface area (TPSA) is 85.7 Å². The number of hydrogen-bond acceptors (Lipinski definition) is 6. The fourth-order valence-electron chi connectivity index (χ4n) is 4.31. The maximum atomic E-state index is 12.5. The summed E-state index contributed by atoms with van der Waals surface area (Å²) in [4.78, 5) is 26.7. The van der Waals surface area contributed by atoms with Gasteiger partial charge in [0.1, 0.15) is 18.0 Å². The van der Waals surface area contributed by atoms with E-state index in [9.17, 15) is 9.59 Å². The molecule has 0 bridgehead atoms. The third-order valence-electron chi connectivity index (χ3n) is 6.52. The van der Waals surface area contributed by atoms with Crippen LogP contribution in [-0.2, 0) is 14.3 Å². The molecule has 5 rings (SSSR count). The van der Waals surface area contributed by atoms with Crippen molar-refractivity contribution in [2.24, 2.45) is 5.92 Å². The van der Waals surface area contributed by atoms with Crippen LogP contribution in [0, 0.1) is 5.92 Å². The summed E-state index contributed by atoms with van der Waals surface area (Å²) in [7, 11) is 0. The zero-order valence-corrected chi connectivity index (χ0v) is 19.8. The highest BCUT2D eigenvalue weighted by atomic mass is 16.6. The number of hydrogen-bond donors (Lipinski definition) is 1. The van der Waals surface area contributed by atoms with Crippen LogP contribution in [0.1, 0.15) is 44.3 Å². The van der Waals surface area contributed by atoms with E-state index in [1.165, 1.54) is 0 Å². The Morgan fingerprint density at radius 3 is 2.31 bits per heavy atom. The minimum Gasteiger partial charge on any atom is -0.462 e. The van der Waals surface area contributed by atoms with Crippen LogP contribution in [0.25, 0.3) is 5.69 Å². The van der Waals surface area contributed by atoms with Crippen molar-refractivity contribution in [3.8, 4) is 5.69 Å². The Kier molecular flexibility index (Phi) is 6.70. The highest BCUT2D eigenvalue weighted by molar-refractivity contribution is 5.84. The van der Waals surface area contributed by atoms with Crippen molar-refractivity contribution in [1.82, 2.24) is 9.78 Å². The van der Waals surface area contributed by atoms with Gasteiger partial charge < -0.3 is 14.4 Å². The molecule has 1 aliphatic heterocycles. The van der Waals surface area contributed by atoms with Gasteiger partial charge in [0, 0.05) is 37.7 Å². The molecule has 1 atom stereocenters. The van der Waals surface area contributed by atoms with E-state index in [4.69, 9.17) is 9.47 Å². The van der Waals surface area contributed by atoms with Crippen LogP contribution in [-0.4, -0.2) is 41.0 Å². The molecular weight excluding hydrogens is 444 g/mol. The van der Waals surface area contributed by atoms with Crippen LogP contribution in [0.4, 0.5) is 16.3 Å². The molecule has 35 heavy (non-hydrogen) atoms. The van der Waals surface area contributed by atoms with E-state index in [1.54, 1.807) is 16.9 Å². The fourth-order valence-corrected chi connectivity index (χ4v) is 4.31. The van der Waals surface area contributed by atoms with E-state index < -0.39 is 6.09 Å². The second-order valence-corrected chi connectivity index (χ2v) is 9.13. The maximum absolute atomic E-state index is 12.5. The standard InChI is InChI=1S/C27H30N4O4/c1-19(20-5-3-2-4-6-20)34-27(33)29-25-13-16-28-31(25)23-11-9-22(10-12-23)30-17-14-24(15-18-30)35-26(32)21-7-8-21/h2-6,9-13,16,19,21,24H,7-8,14-15,17-18H2,1H3,(H,29,33). The molecule has 3 aromatic rings. The Balaban J connectivity index is 1.16. The summed E-state index contributed by atoms with van der Waals surface area (Å²) in [6.07, 6.45) is 4.40. The van der Waals surface area contributed by atoms with Gasteiger partial charge >= 0.3 is 12.1 Å². The molecule has 2 aromatic carbocycles. The Hall–Kier alpha value is -3.81. The summed E-state index contributed by atoms with van der Waals surface area (Å²) in [6, 6.07) is 19.4. The van der Waals surface area contributed by atoms with Gasteiger partial charge in [0.25, 0.3) is 0 Å². The molecule has 1 N–H and O–H groups in total. The molecule has 182 valence electrons. The molecule has 1 saturated heterocycles. The number of amides is 1. The van der Waals surface area contributed by atoms with Crippen molar-refractivity contribution in [3.63, 3.8) is 0 Å². The number of nitrogens with one attached hydrogen (secondary N) is 1. The molecule has 1 saturated carbocycles. The maximum Gasteiger partial charge on any atom is 0.413 e. The number of benzene rings is 2. The van der Waals surface area contributed by atoms with Crippen molar-refractivity contribution in [2.75, 3.05) is 23.3 Å². The largest absolute Gasteiger partial charge is 0.462 e. The SMILES string of the molecule is CC(OC(=O)Nc1ccnn1-c1ccc(N2CCC(OC(=O)C3CC3)CC2)cc1)c1ccccc1. The smallest absolute Gasteiger partial charge is 0.413 e. The van der Waals surface area contributed by atoms with Crippen LogP contribution in [0.3, 0.4) is 0 Å². The summed E-state index contributed by atoms with van der Waals surface area (Å²) in [5, 5.41) is 7.15. The quantitative estimate of drug-likeness (QED) is 0.479. The van der Waals surface area contributed by atoms with Gasteiger partial charge in [-0.2, -0.15) is 5.10 Å². The fraction of sp³-hybridized carbons (Fsp3) is 0.370. The first-order chi connectivity index (χ1) is 17.1.